The minimum absolute atomic E-state index is 0.0927. The van der Waals surface area contributed by atoms with Crippen molar-refractivity contribution in [1.82, 2.24) is 0 Å². The van der Waals surface area contributed by atoms with Crippen LogP contribution in [-0.4, -0.2) is 23.3 Å². The average molecular weight is 283 g/mol. The summed E-state index contributed by atoms with van der Waals surface area (Å²) in [6, 6.07) is 11.2. The van der Waals surface area contributed by atoms with Crippen LogP contribution >= 0.6 is 0 Å². The fourth-order valence-electron chi connectivity index (χ4n) is 2.11. The molecule has 0 radical (unpaired) electrons. The van der Waals surface area contributed by atoms with Gasteiger partial charge in [-0.15, -0.1) is 0 Å². The van der Waals surface area contributed by atoms with E-state index in [2.05, 4.69) is 4.74 Å². The van der Waals surface area contributed by atoms with Crippen LogP contribution in [0, 0.1) is 11.3 Å². The lowest BCUT2D eigenvalue weighted by Crippen LogP contribution is -2.05. The highest BCUT2D eigenvalue weighted by Crippen LogP contribution is 2.36. The van der Waals surface area contributed by atoms with Crippen molar-refractivity contribution in [2.24, 2.45) is 0 Å². The molecule has 5 nitrogen and oxygen atoms in total. The maximum atomic E-state index is 11.5. The number of carbonyl (C=O) groups excluding carboxylic acids is 1. The second-order valence-electron chi connectivity index (χ2n) is 4.44. The molecule has 0 bridgehead atoms. The van der Waals surface area contributed by atoms with E-state index in [9.17, 15) is 15.0 Å². The van der Waals surface area contributed by atoms with Gasteiger partial charge in [0.2, 0.25) is 0 Å². The monoisotopic (exact) mass is 283 g/mol. The molecule has 0 saturated carbocycles. The molecule has 2 N–H and O–H groups in total. The van der Waals surface area contributed by atoms with Gasteiger partial charge < -0.3 is 14.9 Å². The Morgan fingerprint density at radius 2 is 2.05 bits per heavy atom. The summed E-state index contributed by atoms with van der Waals surface area (Å²) in [6.45, 7) is 0. The van der Waals surface area contributed by atoms with Gasteiger partial charge >= 0.3 is 5.97 Å². The zero-order chi connectivity index (χ0) is 15.4. The van der Waals surface area contributed by atoms with Gasteiger partial charge in [0.1, 0.15) is 11.5 Å². The van der Waals surface area contributed by atoms with Crippen molar-refractivity contribution in [3.8, 4) is 28.7 Å². The van der Waals surface area contributed by atoms with Gasteiger partial charge in [-0.2, -0.15) is 5.26 Å². The molecule has 0 saturated heterocycles. The molecule has 2 aromatic rings. The normalized spacial score (nSPS) is 9.90. The molecule has 2 aromatic carbocycles. The van der Waals surface area contributed by atoms with Crippen LogP contribution in [0.15, 0.2) is 36.4 Å². The van der Waals surface area contributed by atoms with Crippen molar-refractivity contribution in [3.05, 3.63) is 47.5 Å². The SMILES string of the molecule is COC(=O)Cc1cc(O)cc(O)c1-c1cccc(C#N)c1. The number of methoxy groups -OCH3 is 1. The molecule has 0 aliphatic rings. The highest BCUT2D eigenvalue weighted by molar-refractivity contribution is 5.81. The number of carbonyl (C=O) groups is 1. The van der Waals surface area contributed by atoms with Crippen molar-refractivity contribution in [1.29, 1.82) is 5.26 Å². The van der Waals surface area contributed by atoms with Crippen LogP contribution in [0.25, 0.3) is 11.1 Å². The van der Waals surface area contributed by atoms with Crippen molar-refractivity contribution < 1.29 is 19.7 Å². The number of benzene rings is 2. The summed E-state index contributed by atoms with van der Waals surface area (Å²) in [5.74, 6) is -0.798. The molecule has 0 spiro atoms. The molecule has 0 fully saturated rings. The average Bonchev–Trinajstić information content (AvgIpc) is 2.46. The zero-order valence-corrected chi connectivity index (χ0v) is 11.3. The molecular formula is C16H13NO4. The van der Waals surface area contributed by atoms with E-state index in [1.54, 1.807) is 24.3 Å². The third-order valence-electron chi connectivity index (χ3n) is 3.03. The second kappa shape index (κ2) is 5.97. The van der Waals surface area contributed by atoms with Gasteiger partial charge in [-0.3, -0.25) is 4.79 Å². The molecule has 106 valence electrons. The van der Waals surface area contributed by atoms with Crippen LogP contribution in [-0.2, 0) is 16.0 Å². The van der Waals surface area contributed by atoms with Gasteiger partial charge in [0.25, 0.3) is 0 Å². The van der Waals surface area contributed by atoms with Crippen LogP contribution in [0.3, 0.4) is 0 Å². The highest BCUT2D eigenvalue weighted by Gasteiger charge is 2.16. The van der Waals surface area contributed by atoms with E-state index in [4.69, 9.17) is 5.26 Å². The van der Waals surface area contributed by atoms with E-state index in [0.29, 0.717) is 22.3 Å². The standard InChI is InChI=1S/C16H13NO4/c1-21-15(20)7-12-6-13(18)8-14(19)16(12)11-4-2-3-10(5-11)9-17/h2-6,8,18-19H,7H2,1H3. The number of hydrogen-bond donors (Lipinski definition) is 2. The number of hydrogen-bond acceptors (Lipinski definition) is 5. The Hall–Kier alpha value is -3.00. The van der Waals surface area contributed by atoms with E-state index >= 15 is 0 Å². The van der Waals surface area contributed by atoms with Gasteiger partial charge in [-0.1, -0.05) is 12.1 Å². The van der Waals surface area contributed by atoms with Crippen LogP contribution in [0.2, 0.25) is 0 Å². The number of rotatable bonds is 3. The van der Waals surface area contributed by atoms with Crippen LogP contribution in [0.4, 0.5) is 0 Å². The quantitative estimate of drug-likeness (QED) is 0.844. The summed E-state index contributed by atoms with van der Waals surface area (Å²) in [6.07, 6.45) is -0.0927. The Kier molecular flexibility index (Phi) is 4.10. The van der Waals surface area contributed by atoms with E-state index in [1.165, 1.54) is 19.2 Å². The van der Waals surface area contributed by atoms with E-state index in [0.717, 1.165) is 0 Å². The Morgan fingerprint density at radius 1 is 1.29 bits per heavy atom. The second-order valence-corrected chi connectivity index (χ2v) is 4.44. The topological polar surface area (TPSA) is 90.6 Å². The number of phenolic OH excluding ortho intramolecular Hbond substituents is 2. The Morgan fingerprint density at radius 3 is 2.71 bits per heavy atom. The molecule has 2 rings (SSSR count). The van der Waals surface area contributed by atoms with Crippen molar-refractivity contribution >= 4 is 5.97 Å². The molecule has 0 unspecified atom stereocenters. The van der Waals surface area contributed by atoms with Gasteiger partial charge in [0.05, 0.1) is 25.2 Å². The maximum Gasteiger partial charge on any atom is 0.310 e. The summed E-state index contributed by atoms with van der Waals surface area (Å²) in [7, 11) is 1.26. The largest absolute Gasteiger partial charge is 0.508 e. The first-order valence-corrected chi connectivity index (χ1v) is 6.17. The summed E-state index contributed by atoms with van der Waals surface area (Å²) in [4.78, 5) is 11.5. The molecule has 0 aromatic heterocycles. The third-order valence-corrected chi connectivity index (χ3v) is 3.03. The highest BCUT2D eigenvalue weighted by atomic mass is 16.5. The van der Waals surface area contributed by atoms with Crippen LogP contribution < -0.4 is 0 Å². The van der Waals surface area contributed by atoms with Gasteiger partial charge in [-0.25, -0.2) is 0 Å². The molecule has 0 aliphatic carbocycles. The smallest absolute Gasteiger partial charge is 0.310 e. The number of ether oxygens (including phenoxy) is 1. The van der Waals surface area contributed by atoms with Crippen LogP contribution in [0.5, 0.6) is 11.5 Å². The van der Waals surface area contributed by atoms with E-state index in [-0.39, 0.29) is 17.9 Å². The number of phenols is 2. The summed E-state index contributed by atoms with van der Waals surface area (Å²) < 4.78 is 4.62. The third kappa shape index (κ3) is 3.12. The van der Waals surface area contributed by atoms with Crippen molar-refractivity contribution in [2.45, 2.75) is 6.42 Å². The maximum absolute atomic E-state index is 11.5. The fraction of sp³-hybridized carbons (Fsp3) is 0.125. The Balaban J connectivity index is 2.60. The number of nitriles is 1. The summed E-state index contributed by atoms with van der Waals surface area (Å²) >= 11 is 0. The van der Waals surface area contributed by atoms with Crippen molar-refractivity contribution in [2.75, 3.05) is 7.11 Å². The summed E-state index contributed by atoms with van der Waals surface area (Å²) in [5, 5.41) is 28.6. The number of aromatic hydroxyl groups is 2. The predicted octanol–water partition coefficient (Wildman–Crippen LogP) is 2.35. The Bertz CT molecular complexity index is 732. The first-order chi connectivity index (χ1) is 10.0. The molecule has 0 atom stereocenters. The minimum Gasteiger partial charge on any atom is -0.508 e. The lowest BCUT2D eigenvalue weighted by atomic mass is 9.95. The zero-order valence-electron chi connectivity index (χ0n) is 11.3. The molecular weight excluding hydrogens is 270 g/mol. The van der Waals surface area contributed by atoms with Gasteiger partial charge in [0.15, 0.2) is 0 Å². The van der Waals surface area contributed by atoms with Gasteiger partial charge in [0, 0.05) is 11.6 Å². The van der Waals surface area contributed by atoms with Gasteiger partial charge in [-0.05, 0) is 29.3 Å². The fourth-order valence-corrected chi connectivity index (χ4v) is 2.11. The minimum atomic E-state index is -0.488. The summed E-state index contributed by atoms with van der Waals surface area (Å²) in [5.41, 5.74) is 1.85. The molecule has 0 heterocycles. The Labute approximate surface area is 121 Å². The number of nitrogens with zero attached hydrogens (tertiary/aromatic N) is 1. The first kappa shape index (κ1) is 14.4. The molecule has 21 heavy (non-hydrogen) atoms. The first-order valence-electron chi connectivity index (χ1n) is 6.17. The van der Waals surface area contributed by atoms with E-state index < -0.39 is 5.97 Å². The van der Waals surface area contributed by atoms with E-state index in [1.807, 2.05) is 6.07 Å². The molecule has 0 amide bonds. The predicted molar refractivity (Wildman–Crippen MR) is 75.6 cm³/mol. The molecule has 5 heteroatoms. The lowest BCUT2D eigenvalue weighted by molar-refractivity contribution is -0.139. The number of esters is 1. The lowest BCUT2D eigenvalue weighted by Gasteiger charge is -2.12. The van der Waals surface area contributed by atoms with Crippen molar-refractivity contribution in [3.63, 3.8) is 0 Å². The molecule has 0 aliphatic heterocycles. The van der Waals surface area contributed by atoms with Crippen LogP contribution in [0.1, 0.15) is 11.1 Å².